The average Bonchev–Trinajstić information content (AvgIpc) is 3.56. The average molecular weight is 520 g/mol. The van der Waals surface area contributed by atoms with E-state index < -0.39 is 0 Å². The number of piperazine rings is 1. The van der Waals surface area contributed by atoms with Crippen LogP contribution in [0.15, 0.2) is 36.0 Å². The van der Waals surface area contributed by atoms with Crippen molar-refractivity contribution in [2.45, 2.75) is 51.1 Å². The summed E-state index contributed by atoms with van der Waals surface area (Å²) in [6, 6.07) is 9.50. The molecule has 0 unspecified atom stereocenters. The predicted molar refractivity (Wildman–Crippen MR) is 151 cm³/mol. The second kappa shape index (κ2) is 10.8. The van der Waals surface area contributed by atoms with Gasteiger partial charge in [0.1, 0.15) is 22.8 Å². The fourth-order valence-corrected chi connectivity index (χ4v) is 6.59. The molecule has 0 spiro atoms. The largest absolute Gasteiger partial charge is 0.383 e. The van der Waals surface area contributed by atoms with Crippen LogP contribution in [0.1, 0.15) is 44.3 Å². The van der Waals surface area contributed by atoms with E-state index in [1.807, 2.05) is 0 Å². The molecule has 9 nitrogen and oxygen atoms in total. The van der Waals surface area contributed by atoms with Crippen LogP contribution in [-0.2, 0) is 6.42 Å². The number of rotatable bonds is 5. The molecule has 4 aromatic rings. The molecule has 0 radical (unpaired) electrons. The van der Waals surface area contributed by atoms with Gasteiger partial charge in [-0.1, -0.05) is 31.2 Å². The lowest BCUT2D eigenvalue weighted by atomic mass is 9.90. The van der Waals surface area contributed by atoms with Crippen molar-refractivity contribution < 1.29 is 0 Å². The molecule has 37 heavy (non-hydrogen) atoms. The maximum Gasteiger partial charge on any atom is 0.164 e. The van der Waals surface area contributed by atoms with Crippen molar-refractivity contribution in [3.05, 3.63) is 41.7 Å². The van der Waals surface area contributed by atoms with Crippen molar-refractivity contribution in [1.82, 2.24) is 40.7 Å². The lowest BCUT2D eigenvalue weighted by Gasteiger charge is -2.41. The summed E-state index contributed by atoms with van der Waals surface area (Å²) in [5, 5.41) is 9.15. The van der Waals surface area contributed by atoms with Crippen LogP contribution in [0.2, 0.25) is 0 Å². The molecule has 2 aliphatic rings. The minimum Gasteiger partial charge on any atom is -0.383 e. The van der Waals surface area contributed by atoms with E-state index in [9.17, 15) is 0 Å². The molecule has 4 heterocycles. The number of hydrogen-bond acceptors (Lipinski definition) is 9. The molecule has 10 heteroatoms. The zero-order chi connectivity index (χ0) is 24.6. The van der Waals surface area contributed by atoms with Gasteiger partial charge in [-0.15, -0.1) is 11.3 Å². The van der Waals surface area contributed by atoms with E-state index in [4.69, 9.17) is 15.8 Å². The first-order valence-corrected chi connectivity index (χ1v) is 13.9. The van der Waals surface area contributed by atoms with E-state index in [1.54, 1.807) is 17.7 Å². The molecule has 0 bridgehead atoms. The van der Waals surface area contributed by atoms with Crippen LogP contribution in [0.3, 0.4) is 0 Å². The topological polar surface area (TPSA) is 124 Å². The van der Waals surface area contributed by atoms with E-state index in [1.165, 1.54) is 39.0 Å². The molecule has 0 amide bonds. The van der Waals surface area contributed by atoms with Gasteiger partial charge < -0.3 is 16.8 Å². The second-order valence-electron chi connectivity index (χ2n) is 10.1. The van der Waals surface area contributed by atoms with Crippen molar-refractivity contribution in [3.8, 4) is 21.8 Å². The number of likely N-dealkylation sites (N-methyl/N-ethyl adjacent to an activating group) is 1. The van der Waals surface area contributed by atoms with Gasteiger partial charge in [0.2, 0.25) is 0 Å². The molecule has 2 fully saturated rings. The maximum atomic E-state index is 6.38. The van der Waals surface area contributed by atoms with Gasteiger partial charge in [0, 0.05) is 48.7 Å². The normalized spacial score (nSPS) is 21.2. The number of thiazole rings is 1. The van der Waals surface area contributed by atoms with E-state index in [0.29, 0.717) is 17.9 Å². The number of aromatic nitrogens is 5. The number of nitrogens with two attached hydrogens (primary N) is 1. The number of anilines is 1. The predicted octanol–water partition coefficient (Wildman–Crippen LogP) is 4.65. The van der Waals surface area contributed by atoms with Crippen molar-refractivity contribution >= 4 is 28.2 Å². The number of fused-ring (bicyclic) bond motifs is 1. The first kappa shape index (κ1) is 25.7. The van der Waals surface area contributed by atoms with Crippen molar-refractivity contribution in [1.29, 1.82) is 0 Å². The molecule has 3 aromatic heterocycles. The van der Waals surface area contributed by atoms with Crippen molar-refractivity contribution in [2.24, 2.45) is 0 Å². The Labute approximate surface area is 222 Å². The van der Waals surface area contributed by atoms with E-state index >= 15 is 0 Å². The fourth-order valence-electron chi connectivity index (χ4n) is 5.68. The molecule has 5 N–H and O–H groups in total. The molecule has 1 saturated heterocycles. The van der Waals surface area contributed by atoms with Crippen LogP contribution in [0, 0.1) is 0 Å². The van der Waals surface area contributed by atoms with Crippen LogP contribution >= 0.6 is 11.3 Å². The number of benzene rings is 1. The smallest absolute Gasteiger partial charge is 0.164 e. The van der Waals surface area contributed by atoms with E-state index in [2.05, 4.69) is 68.1 Å². The quantitative estimate of drug-likeness (QED) is 0.390. The summed E-state index contributed by atoms with van der Waals surface area (Å²) in [6.07, 6.45) is 7.14. The Morgan fingerprint density at radius 3 is 2.30 bits per heavy atom. The third-order valence-electron chi connectivity index (χ3n) is 7.90. The summed E-state index contributed by atoms with van der Waals surface area (Å²) in [5.41, 5.74) is 11.4. The van der Waals surface area contributed by atoms with Crippen LogP contribution in [0.5, 0.6) is 0 Å². The van der Waals surface area contributed by atoms with Crippen LogP contribution in [0.4, 0.5) is 5.82 Å². The lowest BCUT2D eigenvalue weighted by Crippen LogP contribution is -2.49. The van der Waals surface area contributed by atoms with Gasteiger partial charge >= 0.3 is 0 Å². The van der Waals surface area contributed by atoms with Gasteiger partial charge in [-0.05, 0) is 39.2 Å². The van der Waals surface area contributed by atoms with Gasteiger partial charge in [0.25, 0.3) is 0 Å². The molecule has 1 aromatic carbocycles. The number of nitrogens with zero attached hydrogens (tertiary/aromatic N) is 7. The zero-order valence-corrected chi connectivity index (χ0v) is 22.6. The zero-order valence-electron chi connectivity index (χ0n) is 21.8. The Kier molecular flexibility index (Phi) is 7.52. The third kappa shape index (κ3) is 4.98. The highest BCUT2D eigenvalue weighted by Crippen LogP contribution is 2.37. The highest BCUT2D eigenvalue weighted by Gasteiger charge is 2.30. The minimum atomic E-state index is 0. The summed E-state index contributed by atoms with van der Waals surface area (Å²) in [6.45, 7) is 6.84. The first-order valence-electron chi connectivity index (χ1n) is 13.1. The van der Waals surface area contributed by atoms with Crippen LogP contribution < -0.4 is 11.9 Å². The fraction of sp³-hybridized carbons (Fsp3) is 0.481. The standard InChI is InChI=1S/C27H34N8S.H3N/c1-3-20-16-36-27(31-20)19-6-4-18(5-7-19)24-23-25(28)29-17-30-26(23)35(32-24)22-10-8-21(9-11-22)34-14-12-33(2)13-15-34;/h4-7,16-17,21-22H,3,8-15H2,1-2H3,(H2,28,29,30);1H3. The lowest BCUT2D eigenvalue weighted by molar-refractivity contribution is 0.0815. The molecule has 0 atom stereocenters. The highest BCUT2D eigenvalue weighted by molar-refractivity contribution is 7.13. The van der Waals surface area contributed by atoms with Gasteiger partial charge in [-0.3, -0.25) is 4.90 Å². The highest BCUT2D eigenvalue weighted by atomic mass is 32.1. The summed E-state index contributed by atoms with van der Waals surface area (Å²) < 4.78 is 2.13. The maximum absolute atomic E-state index is 6.38. The summed E-state index contributed by atoms with van der Waals surface area (Å²) in [5.74, 6) is 0.490. The monoisotopic (exact) mass is 519 g/mol. The number of nitrogen functional groups attached to an aromatic ring is 1. The molecule has 1 saturated carbocycles. The minimum absolute atomic E-state index is 0. The van der Waals surface area contributed by atoms with Crippen molar-refractivity contribution in [3.63, 3.8) is 0 Å². The van der Waals surface area contributed by atoms with Crippen molar-refractivity contribution in [2.75, 3.05) is 39.0 Å². The SMILES string of the molecule is CCc1csc(-c2ccc(-c3nn(C4CCC(N5CCN(C)CC5)CC4)c4ncnc(N)c34)cc2)n1.N. The Bertz CT molecular complexity index is 1330. The Morgan fingerprint density at radius 1 is 0.946 bits per heavy atom. The molecule has 6 rings (SSSR count). The van der Waals surface area contributed by atoms with Gasteiger partial charge in [0.15, 0.2) is 5.65 Å². The molecule has 1 aliphatic carbocycles. The second-order valence-corrected chi connectivity index (χ2v) is 11.0. The van der Waals surface area contributed by atoms with E-state index in [0.717, 1.165) is 57.8 Å². The molecule has 1 aliphatic heterocycles. The van der Waals surface area contributed by atoms with Gasteiger partial charge in [0.05, 0.1) is 17.1 Å². The molecular formula is C27H37N9S. The van der Waals surface area contributed by atoms with Crippen LogP contribution in [-0.4, -0.2) is 73.8 Å². The Hall–Kier alpha value is -2.92. The van der Waals surface area contributed by atoms with Gasteiger partial charge in [-0.2, -0.15) is 5.10 Å². The molecular weight excluding hydrogens is 482 g/mol. The van der Waals surface area contributed by atoms with Gasteiger partial charge in [-0.25, -0.2) is 19.6 Å². The Balaban J connectivity index is 0.00000280. The summed E-state index contributed by atoms with van der Waals surface area (Å²) in [4.78, 5) is 18.8. The van der Waals surface area contributed by atoms with E-state index in [-0.39, 0.29) is 6.15 Å². The summed E-state index contributed by atoms with van der Waals surface area (Å²) in [7, 11) is 2.22. The third-order valence-corrected chi connectivity index (χ3v) is 8.84. The summed E-state index contributed by atoms with van der Waals surface area (Å²) >= 11 is 1.69. The molecule has 196 valence electrons. The number of hydrogen-bond donors (Lipinski definition) is 2. The number of aryl methyl sites for hydroxylation is 1. The Morgan fingerprint density at radius 2 is 1.62 bits per heavy atom. The van der Waals surface area contributed by atoms with Crippen LogP contribution in [0.25, 0.3) is 32.9 Å². The first-order chi connectivity index (χ1) is 17.6.